The van der Waals surface area contributed by atoms with E-state index < -0.39 is 22.5 Å². The Hall–Kier alpha value is -2.96. The first-order valence-electron chi connectivity index (χ1n) is 5.85. The molecule has 0 amide bonds. The highest BCUT2D eigenvalue weighted by molar-refractivity contribution is 5.98. The number of carbonyl (C=O) groups excluding carboxylic acids is 2. The minimum absolute atomic E-state index is 0.00741. The van der Waals surface area contributed by atoms with Crippen LogP contribution in [0.25, 0.3) is 0 Å². The molecule has 0 aliphatic rings. The summed E-state index contributed by atoms with van der Waals surface area (Å²) in [6.07, 6.45) is 2.70. The van der Waals surface area contributed by atoms with Gasteiger partial charge in [0, 0.05) is 6.07 Å². The zero-order valence-corrected chi connectivity index (χ0v) is 11.1. The second kappa shape index (κ2) is 7.59. The average Bonchev–Trinajstić information content (AvgIpc) is 2.49. The maximum atomic E-state index is 11.8. The number of hydrogen-bond donors (Lipinski definition) is 0. The minimum atomic E-state index is -0.917. The molecule has 110 valence electrons. The highest BCUT2D eigenvalue weighted by atomic mass is 16.6. The van der Waals surface area contributed by atoms with Gasteiger partial charge in [0.1, 0.15) is 18.8 Å². The lowest BCUT2D eigenvalue weighted by Gasteiger charge is -2.06. The van der Waals surface area contributed by atoms with E-state index >= 15 is 0 Å². The predicted molar refractivity (Wildman–Crippen MR) is 74.1 cm³/mol. The summed E-state index contributed by atoms with van der Waals surface area (Å²) in [7, 11) is 0. The lowest BCUT2D eigenvalue weighted by molar-refractivity contribution is -0.385. The molecule has 0 aliphatic carbocycles. The molecule has 0 fully saturated rings. The number of hydrogen-bond acceptors (Lipinski definition) is 6. The molecule has 0 atom stereocenters. The van der Waals surface area contributed by atoms with Gasteiger partial charge in [-0.2, -0.15) is 0 Å². The summed E-state index contributed by atoms with van der Waals surface area (Å²) in [5.41, 5.74) is -0.771. The Kier molecular flexibility index (Phi) is 5.81. The second-order valence-electron chi connectivity index (χ2n) is 3.76. The molecule has 0 saturated heterocycles. The summed E-state index contributed by atoms with van der Waals surface area (Å²) in [6.45, 7) is 6.66. The molecule has 1 aromatic carbocycles. The molecular formula is C14H13NO6. The molecule has 0 saturated carbocycles. The number of nitro benzene ring substituents is 1. The number of benzene rings is 1. The summed E-state index contributed by atoms with van der Waals surface area (Å²) in [5, 5.41) is 10.9. The first-order valence-corrected chi connectivity index (χ1v) is 5.85. The molecule has 0 N–H and O–H groups in total. The van der Waals surface area contributed by atoms with Crippen LogP contribution in [0.2, 0.25) is 0 Å². The van der Waals surface area contributed by atoms with Crippen molar-refractivity contribution < 1.29 is 24.0 Å². The molecular weight excluding hydrogens is 278 g/mol. The van der Waals surface area contributed by atoms with Gasteiger partial charge in [-0.05, 0) is 12.1 Å². The van der Waals surface area contributed by atoms with Crippen LogP contribution in [0.4, 0.5) is 5.69 Å². The molecule has 0 radical (unpaired) electrons. The third-order valence-corrected chi connectivity index (χ3v) is 2.31. The fourth-order valence-corrected chi connectivity index (χ4v) is 1.42. The van der Waals surface area contributed by atoms with Gasteiger partial charge in [-0.3, -0.25) is 10.1 Å². The molecule has 1 rings (SSSR count). The zero-order chi connectivity index (χ0) is 15.8. The van der Waals surface area contributed by atoms with Crippen molar-refractivity contribution in [2.24, 2.45) is 0 Å². The van der Waals surface area contributed by atoms with Gasteiger partial charge in [-0.25, -0.2) is 9.59 Å². The van der Waals surface area contributed by atoms with E-state index in [9.17, 15) is 19.7 Å². The van der Waals surface area contributed by atoms with Gasteiger partial charge in [-0.1, -0.05) is 25.3 Å². The highest BCUT2D eigenvalue weighted by Crippen LogP contribution is 2.21. The molecule has 21 heavy (non-hydrogen) atoms. The molecule has 1 aromatic rings. The summed E-state index contributed by atoms with van der Waals surface area (Å²) in [5.74, 6) is -1.64. The highest BCUT2D eigenvalue weighted by Gasteiger charge is 2.23. The van der Waals surface area contributed by atoms with Crippen molar-refractivity contribution in [2.75, 3.05) is 13.2 Å². The van der Waals surface area contributed by atoms with E-state index in [1.165, 1.54) is 18.2 Å². The Bertz CT molecular complexity index is 593. The first-order chi connectivity index (χ1) is 10.0. The van der Waals surface area contributed by atoms with Crippen molar-refractivity contribution in [3.05, 3.63) is 64.8 Å². The fraction of sp³-hybridized carbons (Fsp3) is 0.143. The standard InChI is InChI=1S/C14H13NO6/c1-3-7-20-13(16)10-5-6-12(15(18)19)11(9-10)14(17)21-8-4-2/h3-6,9H,1-2,7-8H2. The molecule has 7 heteroatoms. The van der Waals surface area contributed by atoms with Crippen molar-refractivity contribution in [2.45, 2.75) is 0 Å². The summed E-state index contributed by atoms with van der Waals surface area (Å²) in [6, 6.07) is 3.32. The molecule has 0 unspecified atom stereocenters. The van der Waals surface area contributed by atoms with E-state index in [2.05, 4.69) is 13.2 Å². The third-order valence-electron chi connectivity index (χ3n) is 2.31. The Morgan fingerprint density at radius 3 is 2.24 bits per heavy atom. The van der Waals surface area contributed by atoms with Gasteiger partial charge in [-0.15, -0.1) is 0 Å². The van der Waals surface area contributed by atoms with E-state index in [-0.39, 0.29) is 24.3 Å². The Morgan fingerprint density at radius 1 is 1.14 bits per heavy atom. The topological polar surface area (TPSA) is 95.7 Å². The van der Waals surface area contributed by atoms with Gasteiger partial charge < -0.3 is 9.47 Å². The molecule has 0 spiro atoms. The molecule has 0 aromatic heterocycles. The van der Waals surface area contributed by atoms with Crippen molar-refractivity contribution in [1.82, 2.24) is 0 Å². The largest absolute Gasteiger partial charge is 0.458 e. The number of nitro groups is 1. The number of ether oxygens (including phenoxy) is 2. The van der Waals surface area contributed by atoms with Crippen LogP contribution in [-0.4, -0.2) is 30.1 Å². The normalized spacial score (nSPS) is 9.52. The number of esters is 2. The maximum absolute atomic E-state index is 11.8. The number of nitrogens with zero attached hydrogens (tertiary/aromatic N) is 1. The lowest BCUT2D eigenvalue weighted by atomic mass is 10.1. The Balaban J connectivity index is 3.14. The molecule has 0 aliphatic heterocycles. The van der Waals surface area contributed by atoms with Crippen LogP contribution in [0, 0.1) is 10.1 Å². The van der Waals surface area contributed by atoms with Crippen molar-refractivity contribution in [1.29, 1.82) is 0 Å². The van der Waals surface area contributed by atoms with E-state index in [1.807, 2.05) is 0 Å². The quantitative estimate of drug-likeness (QED) is 0.331. The van der Waals surface area contributed by atoms with Crippen LogP contribution >= 0.6 is 0 Å². The van der Waals surface area contributed by atoms with Crippen LogP contribution in [0.3, 0.4) is 0 Å². The van der Waals surface area contributed by atoms with Gasteiger partial charge in [0.15, 0.2) is 0 Å². The van der Waals surface area contributed by atoms with E-state index in [4.69, 9.17) is 9.47 Å². The fourth-order valence-electron chi connectivity index (χ4n) is 1.42. The summed E-state index contributed by atoms with van der Waals surface area (Å²) >= 11 is 0. The first kappa shape index (κ1) is 16.1. The maximum Gasteiger partial charge on any atom is 0.345 e. The van der Waals surface area contributed by atoms with Gasteiger partial charge in [0.05, 0.1) is 10.5 Å². The van der Waals surface area contributed by atoms with Crippen molar-refractivity contribution in [3.63, 3.8) is 0 Å². The molecule has 0 heterocycles. The van der Waals surface area contributed by atoms with Crippen LogP contribution in [0.5, 0.6) is 0 Å². The minimum Gasteiger partial charge on any atom is -0.458 e. The second-order valence-corrected chi connectivity index (χ2v) is 3.76. The van der Waals surface area contributed by atoms with Gasteiger partial charge in [0.2, 0.25) is 0 Å². The van der Waals surface area contributed by atoms with Gasteiger partial charge in [0.25, 0.3) is 5.69 Å². The zero-order valence-electron chi connectivity index (χ0n) is 11.1. The lowest BCUT2D eigenvalue weighted by Crippen LogP contribution is -2.11. The van der Waals surface area contributed by atoms with Crippen molar-refractivity contribution in [3.8, 4) is 0 Å². The Morgan fingerprint density at radius 2 is 1.71 bits per heavy atom. The third kappa shape index (κ3) is 4.27. The molecule has 0 bridgehead atoms. The van der Waals surface area contributed by atoms with Crippen LogP contribution in [0.15, 0.2) is 43.5 Å². The van der Waals surface area contributed by atoms with Crippen LogP contribution in [-0.2, 0) is 9.47 Å². The monoisotopic (exact) mass is 291 g/mol. The Labute approximate surface area is 120 Å². The average molecular weight is 291 g/mol. The SMILES string of the molecule is C=CCOC(=O)c1ccc([N+](=O)[O-])c(C(=O)OCC=C)c1. The van der Waals surface area contributed by atoms with E-state index in [0.717, 1.165) is 12.1 Å². The van der Waals surface area contributed by atoms with Crippen LogP contribution in [0.1, 0.15) is 20.7 Å². The van der Waals surface area contributed by atoms with Crippen LogP contribution < -0.4 is 0 Å². The predicted octanol–water partition coefficient (Wildman–Crippen LogP) is 2.28. The summed E-state index contributed by atoms with van der Waals surface area (Å²) in [4.78, 5) is 33.6. The smallest absolute Gasteiger partial charge is 0.345 e. The summed E-state index contributed by atoms with van der Waals surface area (Å²) < 4.78 is 9.55. The molecule has 7 nitrogen and oxygen atoms in total. The van der Waals surface area contributed by atoms with Gasteiger partial charge >= 0.3 is 11.9 Å². The van der Waals surface area contributed by atoms with E-state index in [0.29, 0.717) is 0 Å². The number of rotatable bonds is 7. The number of carbonyl (C=O) groups is 2. The van der Waals surface area contributed by atoms with Crippen molar-refractivity contribution >= 4 is 17.6 Å². The van der Waals surface area contributed by atoms with E-state index in [1.54, 1.807) is 0 Å².